The molecule has 3 aromatic rings. The third-order valence-electron chi connectivity index (χ3n) is 2.77. The standard InChI is InChI=1S/C13H10BrN2/c1-16-8-2-3-10-5-4-9-6-7-11(14)15-12(9)13(10)16/h2-8H,1H3/q+1/p+1. The molecule has 2 nitrogen and oxygen atoms in total. The Morgan fingerprint density at radius 2 is 1.88 bits per heavy atom. The van der Waals surface area contributed by atoms with Gasteiger partial charge in [-0.2, -0.15) is 4.57 Å². The van der Waals surface area contributed by atoms with Crippen molar-refractivity contribution in [3.63, 3.8) is 0 Å². The maximum absolute atomic E-state index is 4.56. The predicted molar refractivity (Wildman–Crippen MR) is 69.2 cm³/mol. The number of halogens is 1. The normalized spacial score (nSPS) is 11.1. The Morgan fingerprint density at radius 3 is 2.75 bits per heavy atom. The summed E-state index contributed by atoms with van der Waals surface area (Å²) < 4.78 is 2.98. The number of hydrogen-bond acceptors (Lipinski definition) is 1. The molecule has 0 spiro atoms. The van der Waals surface area contributed by atoms with Gasteiger partial charge < -0.3 is 0 Å². The van der Waals surface area contributed by atoms with Crippen LogP contribution in [0, 0.1) is 0 Å². The minimum atomic E-state index is 0. The van der Waals surface area contributed by atoms with Gasteiger partial charge in [-0.15, -0.1) is 0 Å². The highest BCUT2D eigenvalue weighted by Gasteiger charge is 2.10. The van der Waals surface area contributed by atoms with Crippen LogP contribution in [0.2, 0.25) is 0 Å². The molecule has 0 atom stereocenters. The zero-order valence-corrected chi connectivity index (χ0v) is 10.4. The summed E-state index contributed by atoms with van der Waals surface area (Å²) in [7, 11) is 2.05. The quantitative estimate of drug-likeness (QED) is 0.350. The average molecular weight is 275 g/mol. The summed E-state index contributed by atoms with van der Waals surface area (Å²) in [6, 6.07) is 12.4. The van der Waals surface area contributed by atoms with Gasteiger partial charge in [-0.1, -0.05) is 6.07 Å². The molecular weight excluding hydrogens is 264 g/mol. The van der Waals surface area contributed by atoms with Crippen molar-refractivity contribution in [2.45, 2.75) is 0 Å². The molecule has 0 aliphatic carbocycles. The molecule has 0 radical (unpaired) electrons. The molecule has 3 rings (SSSR count). The van der Waals surface area contributed by atoms with Gasteiger partial charge in [-0.05, 0) is 40.2 Å². The zero-order valence-electron chi connectivity index (χ0n) is 9.81. The third-order valence-corrected chi connectivity index (χ3v) is 3.21. The Labute approximate surface area is 103 Å². The van der Waals surface area contributed by atoms with E-state index in [1.165, 1.54) is 10.9 Å². The van der Waals surface area contributed by atoms with E-state index in [1.807, 2.05) is 25.4 Å². The number of nitrogens with zero attached hydrogens (tertiary/aromatic N) is 2. The molecule has 0 fully saturated rings. The third kappa shape index (κ3) is 1.39. The number of hydrogen-bond donors (Lipinski definition) is 0. The highest BCUT2D eigenvalue weighted by atomic mass is 79.9. The van der Waals surface area contributed by atoms with Gasteiger partial charge in [0.25, 0.3) is 0 Å². The second kappa shape index (κ2) is 3.52. The Morgan fingerprint density at radius 1 is 1.12 bits per heavy atom. The van der Waals surface area contributed by atoms with E-state index in [4.69, 9.17) is 0 Å². The van der Waals surface area contributed by atoms with Gasteiger partial charge in [0.2, 0.25) is 5.52 Å². The van der Waals surface area contributed by atoms with Crippen molar-refractivity contribution < 1.29 is 5.99 Å². The van der Waals surface area contributed by atoms with Gasteiger partial charge in [-0.3, -0.25) is 0 Å². The van der Waals surface area contributed by atoms with E-state index in [9.17, 15) is 0 Å². The Hall–Kier alpha value is -1.48. The van der Waals surface area contributed by atoms with Gasteiger partial charge in [0.1, 0.15) is 17.2 Å². The van der Waals surface area contributed by atoms with Crippen LogP contribution in [0.25, 0.3) is 21.8 Å². The van der Waals surface area contributed by atoms with E-state index >= 15 is 0 Å². The lowest BCUT2D eigenvalue weighted by molar-refractivity contribution is -0.644. The first-order valence-corrected chi connectivity index (χ1v) is 5.88. The fourth-order valence-electron chi connectivity index (χ4n) is 2.02. The van der Waals surface area contributed by atoms with Crippen molar-refractivity contribution in [2.24, 2.45) is 7.05 Å². The number of pyridine rings is 2. The summed E-state index contributed by atoms with van der Waals surface area (Å²) in [6.07, 6.45) is 2.05. The molecule has 3 heteroatoms. The lowest BCUT2D eigenvalue weighted by Gasteiger charge is -2.01. The van der Waals surface area contributed by atoms with Crippen LogP contribution in [0.1, 0.15) is 1.43 Å². The largest absolute Gasteiger partial charge is 1.00 e. The van der Waals surface area contributed by atoms with E-state index in [0.717, 1.165) is 15.5 Å². The first kappa shape index (κ1) is 9.73. The summed E-state index contributed by atoms with van der Waals surface area (Å²) in [5, 5.41) is 2.38. The Balaban J connectivity index is 0.00000108. The van der Waals surface area contributed by atoms with Crippen molar-refractivity contribution in [1.29, 1.82) is 0 Å². The van der Waals surface area contributed by atoms with Gasteiger partial charge in [0.15, 0.2) is 6.20 Å². The van der Waals surface area contributed by atoms with Gasteiger partial charge in [-0.25, -0.2) is 4.98 Å². The summed E-state index contributed by atoms with van der Waals surface area (Å²) in [6.45, 7) is 0. The molecule has 0 saturated carbocycles. The first-order valence-electron chi connectivity index (χ1n) is 5.09. The van der Waals surface area contributed by atoms with Crippen LogP contribution in [0.5, 0.6) is 0 Å². The molecule has 0 aliphatic rings. The van der Waals surface area contributed by atoms with Crippen LogP contribution in [-0.4, -0.2) is 4.98 Å². The molecule has 0 N–H and O–H groups in total. The van der Waals surface area contributed by atoms with Crippen LogP contribution < -0.4 is 4.57 Å². The first-order chi connectivity index (χ1) is 7.75. The van der Waals surface area contributed by atoms with E-state index < -0.39 is 0 Å². The van der Waals surface area contributed by atoms with Crippen molar-refractivity contribution in [3.05, 3.63) is 47.2 Å². The van der Waals surface area contributed by atoms with Crippen molar-refractivity contribution in [3.8, 4) is 0 Å². The molecule has 2 heterocycles. The number of rotatable bonds is 0. The van der Waals surface area contributed by atoms with Crippen LogP contribution in [0.3, 0.4) is 0 Å². The number of aryl methyl sites for hydroxylation is 1. The number of aromatic nitrogens is 2. The fraction of sp³-hybridized carbons (Fsp3) is 0.0769. The monoisotopic (exact) mass is 274 g/mol. The topological polar surface area (TPSA) is 16.8 Å². The van der Waals surface area contributed by atoms with Crippen LogP contribution >= 0.6 is 15.9 Å². The van der Waals surface area contributed by atoms with E-state index in [1.54, 1.807) is 0 Å². The molecule has 1 aromatic carbocycles. The number of fused-ring (bicyclic) bond motifs is 3. The SMILES string of the molecule is C[n+]1cccc2ccc3ccc(Br)nc3c21.[H+]. The average Bonchev–Trinajstić information content (AvgIpc) is 2.28. The predicted octanol–water partition coefficient (Wildman–Crippen LogP) is 3.09. The van der Waals surface area contributed by atoms with Crippen LogP contribution in [0.15, 0.2) is 47.2 Å². The molecule has 0 bridgehead atoms. The maximum Gasteiger partial charge on any atom is 1.00 e. The van der Waals surface area contributed by atoms with Gasteiger partial charge >= 0.3 is 1.43 Å². The summed E-state index contributed by atoms with van der Waals surface area (Å²) in [5.74, 6) is 0. The molecule has 0 saturated heterocycles. The molecule has 0 unspecified atom stereocenters. The molecule has 78 valence electrons. The second-order valence-electron chi connectivity index (χ2n) is 3.83. The molecule has 0 aliphatic heterocycles. The highest BCUT2D eigenvalue weighted by Crippen LogP contribution is 2.22. The molecule has 16 heavy (non-hydrogen) atoms. The fourth-order valence-corrected chi connectivity index (χ4v) is 2.33. The van der Waals surface area contributed by atoms with E-state index in [-0.39, 0.29) is 1.43 Å². The lowest BCUT2D eigenvalue weighted by Crippen LogP contribution is -2.28. The molecular formula is C13H11BrN2+2. The smallest absolute Gasteiger partial charge is 0.234 e. The zero-order chi connectivity index (χ0) is 11.1. The molecule has 0 amide bonds. The van der Waals surface area contributed by atoms with Crippen LogP contribution in [-0.2, 0) is 7.05 Å². The Kier molecular flexibility index (Phi) is 2.14. The lowest BCUT2D eigenvalue weighted by atomic mass is 10.1. The van der Waals surface area contributed by atoms with Crippen LogP contribution in [0.4, 0.5) is 0 Å². The molecule has 2 aromatic heterocycles. The van der Waals surface area contributed by atoms with Gasteiger partial charge in [0.05, 0.1) is 0 Å². The van der Waals surface area contributed by atoms with Gasteiger partial charge in [0, 0.05) is 16.8 Å². The second-order valence-corrected chi connectivity index (χ2v) is 4.64. The summed E-state index contributed by atoms with van der Waals surface area (Å²) in [4.78, 5) is 4.56. The minimum Gasteiger partial charge on any atom is -0.234 e. The van der Waals surface area contributed by atoms with Crippen molar-refractivity contribution in [2.75, 3.05) is 0 Å². The van der Waals surface area contributed by atoms with Crippen molar-refractivity contribution in [1.82, 2.24) is 4.98 Å². The van der Waals surface area contributed by atoms with Crippen molar-refractivity contribution >= 4 is 37.7 Å². The van der Waals surface area contributed by atoms with E-state index in [0.29, 0.717) is 0 Å². The number of benzene rings is 1. The van der Waals surface area contributed by atoms with E-state index in [2.05, 4.69) is 49.7 Å². The summed E-state index contributed by atoms with van der Waals surface area (Å²) >= 11 is 3.42. The summed E-state index contributed by atoms with van der Waals surface area (Å²) in [5.41, 5.74) is 2.20. The highest BCUT2D eigenvalue weighted by molar-refractivity contribution is 9.10. The minimum absolute atomic E-state index is 0. The Bertz CT molecular complexity index is 697. The maximum atomic E-state index is 4.56.